The maximum atomic E-state index is 9.79. The van der Waals surface area contributed by atoms with Crippen LogP contribution in [0.25, 0.3) is 0 Å². The molecule has 0 saturated heterocycles. The van der Waals surface area contributed by atoms with Crippen molar-refractivity contribution in [1.29, 1.82) is 0 Å². The Morgan fingerprint density at radius 1 is 1.27 bits per heavy atom. The third-order valence-corrected chi connectivity index (χ3v) is 2.83. The molecular formula is C11H15Cl2NO. The van der Waals surface area contributed by atoms with Crippen LogP contribution in [0.15, 0.2) is 12.1 Å². The van der Waals surface area contributed by atoms with Crippen LogP contribution in [0.4, 0.5) is 0 Å². The molecule has 15 heavy (non-hydrogen) atoms. The van der Waals surface area contributed by atoms with Gasteiger partial charge in [0.2, 0.25) is 0 Å². The van der Waals surface area contributed by atoms with E-state index in [1.54, 1.807) is 6.07 Å². The molecule has 0 heterocycles. The summed E-state index contributed by atoms with van der Waals surface area (Å²) in [6.45, 7) is 5.98. The first-order chi connectivity index (χ1) is 6.73. The Balaban J connectivity index is 3.25. The fraction of sp³-hybridized carbons (Fsp3) is 0.455. The van der Waals surface area contributed by atoms with E-state index in [-0.39, 0.29) is 22.2 Å². The standard InChI is InChI=1S/C11H15Cl2NO/c1-11(2,3)10(14)7-4-6(12)5-8(13)9(7)15/h4-5,10,15H,14H2,1-3H3/t10-/m1/s1. The lowest BCUT2D eigenvalue weighted by molar-refractivity contribution is 0.318. The quantitative estimate of drug-likeness (QED) is 0.795. The molecule has 0 amide bonds. The van der Waals surface area contributed by atoms with Gasteiger partial charge in [0, 0.05) is 16.6 Å². The molecule has 0 unspecified atom stereocenters. The van der Waals surface area contributed by atoms with Gasteiger partial charge in [-0.25, -0.2) is 0 Å². The lowest BCUT2D eigenvalue weighted by Crippen LogP contribution is -2.26. The van der Waals surface area contributed by atoms with Gasteiger partial charge in [0.05, 0.1) is 5.02 Å². The fourth-order valence-corrected chi connectivity index (χ4v) is 1.80. The minimum Gasteiger partial charge on any atom is -0.506 e. The average molecular weight is 248 g/mol. The molecule has 0 aliphatic rings. The highest BCUT2D eigenvalue weighted by molar-refractivity contribution is 6.35. The lowest BCUT2D eigenvalue weighted by Gasteiger charge is -2.28. The molecule has 84 valence electrons. The van der Waals surface area contributed by atoms with Gasteiger partial charge in [-0.05, 0) is 17.5 Å². The van der Waals surface area contributed by atoms with Crippen molar-refractivity contribution in [2.24, 2.45) is 11.1 Å². The van der Waals surface area contributed by atoms with Gasteiger partial charge in [0.15, 0.2) is 0 Å². The number of hydrogen-bond donors (Lipinski definition) is 2. The maximum Gasteiger partial charge on any atom is 0.139 e. The SMILES string of the molecule is CC(C)(C)[C@H](N)c1cc(Cl)cc(Cl)c1O. The lowest BCUT2D eigenvalue weighted by atomic mass is 9.83. The van der Waals surface area contributed by atoms with Crippen LogP contribution in [0.1, 0.15) is 32.4 Å². The zero-order valence-electron chi connectivity index (χ0n) is 9.01. The van der Waals surface area contributed by atoms with E-state index in [4.69, 9.17) is 28.9 Å². The Morgan fingerprint density at radius 2 is 1.80 bits per heavy atom. The summed E-state index contributed by atoms with van der Waals surface area (Å²) in [6, 6.07) is 2.84. The first kappa shape index (κ1) is 12.6. The van der Waals surface area contributed by atoms with Crippen LogP contribution < -0.4 is 5.73 Å². The molecule has 1 aromatic rings. The highest BCUT2D eigenvalue weighted by Gasteiger charge is 2.25. The number of phenolic OH excluding ortho intramolecular Hbond substituents is 1. The predicted octanol–water partition coefficient (Wildman–Crippen LogP) is 3.74. The number of nitrogens with two attached hydrogens (primary N) is 1. The Hall–Kier alpha value is -0.440. The van der Waals surface area contributed by atoms with Crippen molar-refractivity contribution >= 4 is 23.2 Å². The zero-order chi connectivity index (χ0) is 11.8. The number of aromatic hydroxyl groups is 1. The molecule has 0 aliphatic carbocycles. The highest BCUT2D eigenvalue weighted by atomic mass is 35.5. The zero-order valence-corrected chi connectivity index (χ0v) is 10.5. The predicted molar refractivity (Wildman–Crippen MR) is 64.5 cm³/mol. The van der Waals surface area contributed by atoms with E-state index in [1.807, 2.05) is 20.8 Å². The van der Waals surface area contributed by atoms with E-state index < -0.39 is 0 Å². The molecule has 0 bridgehead atoms. The summed E-state index contributed by atoms with van der Waals surface area (Å²) in [6.07, 6.45) is 0. The largest absolute Gasteiger partial charge is 0.506 e. The summed E-state index contributed by atoms with van der Waals surface area (Å²) >= 11 is 11.7. The summed E-state index contributed by atoms with van der Waals surface area (Å²) < 4.78 is 0. The van der Waals surface area contributed by atoms with Gasteiger partial charge in [0.1, 0.15) is 5.75 Å². The molecule has 2 nitrogen and oxygen atoms in total. The number of phenols is 1. The number of hydrogen-bond acceptors (Lipinski definition) is 2. The van der Waals surface area contributed by atoms with Crippen molar-refractivity contribution < 1.29 is 5.11 Å². The van der Waals surface area contributed by atoms with Crippen molar-refractivity contribution in [3.8, 4) is 5.75 Å². The molecule has 4 heteroatoms. The Bertz CT molecular complexity index is 372. The number of benzene rings is 1. The minimum absolute atomic E-state index is 0.0171. The highest BCUT2D eigenvalue weighted by Crippen LogP contribution is 2.40. The molecule has 0 aromatic heterocycles. The van der Waals surface area contributed by atoms with Gasteiger partial charge < -0.3 is 10.8 Å². The van der Waals surface area contributed by atoms with Gasteiger partial charge in [0.25, 0.3) is 0 Å². The van der Waals surface area contributed by atoms with Crippen LogP contribution in [-0.2, 0) is 0 Å². The molecule has 0 aliphatic heterocycles. The van der Waals surface area contributed by atoms with Crippen LogP contribution in [0.3, 0.4) is 0 Å². The second-order valence-electron chi connectivity index (χ2n) is 4.67. The molecule has 0 fully saturated rings. The van der Waals surface area contributed by atoms with Crippen molar-refractivity contribution in [1.82, 2.24) is 0 Å². The molecule has 3 N–H and O–H groups in total. The van der Waals surface area contributed by atoms with Gasteiger partial charge in [-0.2, -0.15) is 0 Å². The maximum absolute atomic E-state index is 9.79. The van der Waals surface area contributed by atoms with Crippen LogP contribution in [0.2, 0.25) is 10.0 Å². The third-order valence-electron chi connectivity index (χ3n) is 2.33. The van der Waals surface area contributed by atoms with Crippen molar-refractivity contribution in [3.05, 3.63) is 27.7 Å². The van der Waals surface area contributed by atoms with E-state index in [0.29, 0.717) is 10.6 Å². The molecule has 0 saturated carbocycles. The van der Waals surface area contributed by atoms with Crippen molar-refractivity contribution in [3.63, 3.8) is 0 Å². The van der Waals surface area contributed by atoms with E-state index in [1.165, 1.54) is 6.07 Å². The van der Waals surface area contributed by atoms with E-state index >= 15 is 0 Å². The van der Waals surface area contributed by atoms with E-state index in [9.17, 15) is 5.11 Å². The average Bonchev–Trinajstić information content (AvgIpc) is 2.08. The number of rotatable bonds is 1. The Morgan fingerprint density at radius 3 is 2.27 bits per heavy atom. The summed E-state index contributed by atoms with van der Waals surface area (Å²) in [7, 11) is 0. The van der Waals surface area contributed by atoms with Crippen LogP contribution >= 0.6 is 23.2 Å². The van der Waals surface area contributed by atoms with Crippen LogP contribution in [0.5, 0.6) is 5.75 Å². The van der Waals surface area contributed by atoms with Crippen LogP contribution in [-0.4, -0.2) is 5.11 Å². The summed E-state index contributed by atoms with van der Waals surface area (Å²) in [5.74, 6) is 0.0171. The minimum atomic E-state index is -0.311. The molecule has 1 rings (SSSR count). The van der Waals surface area contributed by atoms with Gasteiger partial charge in [-0.15, -0.1) is 0 Å². The Labute approximate surface area is 100.0 Å². The summed E-state index contributed by atoms with van der Waals surface area (Å²) in [5, 5.41) is 10.5. The smallest absolute Gasteiger partial charge is 0.139 e. The second kappa shape index (κ2) is 4.20. The van der Waals surface area contributed by atoms with Gasteiger partial charge >= 0.3 is 0 Å². The van der Waals surface area contributed by atoms with E-state index in [0.717, 1.165) is 0 Å². The topological polar surface area (TPSA) is 46.2 Å². The molecule has 0 radical (unpaired) electrons. The summed E-state index contributed by atoms with van der Waals surface area (Å²) in [4.78, 5) is 0. The van der Waals surface area contributed by atoms with Crippen molar-refractivity contribution in [2.45, 2.75) is 26.8 Å². The van der Waals surface area contributed by atoms with Crippen LogP contribution in [0, 0.1) is 5.41 Å². The van der Waals surface area contributed by atoms with Gasteiger partial charge in [-0.1, -0.05) is 44.0 Å². The normalized spacial score (nSPS) is 14.0. The third kappa shape index (κ3) is 2.77. The second-order valence-corrected chi connectivity index (χ2v) is 5.51. The first-order valence-corrected chi connectivity index (χ1v) is 5.42. The fourth-order valence-electron chi connectivity index (χ4n) is 1.29. The molecule has 0 spiro atoms. The molecule has 1 aromatic carbocycles. The summed E-state index contributed by atoms with van der Waals surface area (Å²) in [5.41, 5.74) is 6.46. The first-order valence-electron chi connectivity index (χ1n) is 4.67. The van der Waals surface area contributed by atoms with Gasteiger partial charge in [-0.3, -0.25) is 0 Å². The molecule has 1 atom stereocenters. The molecular weight excluding hydrogens is 233 g/mol. The van der Waals surface area contributed by atoms with Crippen molar-refractivity contribution in [2.75, 3.05) is 0 Å². The Kier molecular flexibility index (Phi) is 3.54. The monoisotopic (exact) mass is 247 g/mol. The van der Waals surface area contributed by atoms with E-state index in [2.05, 4.69) is 0 Å². The number of halogens is 2.